The molecule has 2 aromatic rings. The van der Waals surface area contributed by atoms with Crippen molar-refractivity contribution in [1.29, 1.82) is 0 Å². The van der Waals surface area contributed by atoms with Crippen LogP contribution in [-0.2, 0) is 5.41 Å². The summed E-state index contributed by atoms with van der Waals surface area (Å²) in [6, 6.07) is 22.9. The average molecular weight is 430 g/mol. The Balaban J connectivity index is 0.00000210. The molecule has 2 aliphatic heterocycles. The van der Waals surface area contributed by atoms with Crippen molar-refractivity contribution in [3.8, 4) is 0 Å². The SMILES string of the molecule is C[N+]1(C)[C@@H]2CC[C@H]1CC(CC(CO)(c1ccccc1)c1ccccc1)C2.[Br-]. The van der Waals surface area contributed by atoms with Crippen molar-refractivity contribution in [2.45, 2.75) is 49.6 Å². The number of aliphatic hydroxyl groups excluding tert-OH is 1. The largest absolute Gasteiger partial charge is 1.00 e. The topological polar surface area (TPSA) is 20.2 Å². The second kappa shape index (κ2) is 8.06. The monoisotopic (exact) mass is 429 g/mol. The van der Waals surface area contributed by atoms with Gasteiger partial charge >= 0.3 is 0 Å². The smallest absolute Gasteiger partial charge is 0.0893 e. The highest BCUT2D eigenvalue weighted by molar-refractivity contribution is 5.39. The van der Waals surface area contributed by atoms with Crippen LogP contribution in [0.4, 0.5) is 0 Å². The van der Waals surface area contributed by atoms with Crippen LogP contribution in [0.1, 0.15) is 43.2 Å². The standard InChI is InChI=1S/C24H32NO.BrH/c1-25(2)22-13-14-23(25)16-19(15-22)17-24(18-26,20-9-5-3-6-10-20)21-11-7-4-8-12-21;/h3-12,19,22-23,26H,13-18H2,1-2H3;1H/q+1;/p-1/t19?,22-,23+;. The molecule has 1 unspecified atom stereocenters. The fraction of sp³-hybridized carbons (Fsp3) is 0.500. The molecule has 0 radical (unpaired) electrons. The molecular weight excluding hydrogens is 398 g/mol. The van der Waals surface area contributed by atoms with Gasteiger partial charge in [0, 0.05) is 31.1 Å². The van der Waals surface area contributed by atoms with Crippen molar-refractivity contribution in [2.24, 2.45) is 5.92 Å². The molecular formula is C24H32BrNO. The van der Waals surface area contributed by atoms with E-state index in [0.717, 1.165) is 18.5 Å². The van der Waals surface area contributed by atoms with Crippen LogP contribution in [0, 0.1) is 5.92 Å². The molecule has 0 amide bonds. The molecule has 2 aromatic carbocycles. The number of fused-ring (bicyclic) bond motifs is 2. The molecule has 27 heavy (non-hydrogen) atoms. The first kappa shape index (κ1) is 20.6. The molecule has 0 spiro atoms. The van der Waals surface area contributed by atoms with Crippen molar-refractivity contribution in [2.75, 3.05) is 20.7 Å². The summed E-state index contributed by atoms with van der Waals surface area (Å²) < 4.78 is 1.21. The van der Waals surface area contributed by atoms with Gasteiger partial charge in [0.15, 0.2) is 0 Å². The Kier molecular flexibility index (Phi) is 6.14. The first-order valence-corrected chi connectivity index (χ1v) is 10.1. The van der Waals surface area contributed by atoms with E-state index in [4.69, 9.17) is 0 Å². The molecule has 2 heterocycles. The maximum Gasteiger partial charge on any atom is 0.0893 e. The van der Waals surface area contributed by atoms with E-state index in [9.17, 15) is 5.11 Å². The zero-order valence-corrected chi connectivity index (χ0v) is 18.1. The first-order chi connectivity index (χ1) is 12.6. The average Bonchev–Trinajstić information content (AvgIpc) is 2.85. The van der Waals surface area contributed by atoms with Crippen LogP contribution >= 0.6 is 0 Å². The van der Waals surface area contributed by atoms with Crippen molar-refractivity contribution in [1.82, 2.24) is 0 Å². The van der Waals surface area contributed by atoms with E-state index in [2.05, 4.69) is 74.8 Å². The van der Waals surface area contributed by atoms with E-state index in [1.807, 2.05) is 0 Å². The maximum atomic E-state index is 10.7. The maximum absolute atomic E-state index is 10.7. The van der Waals surface area contributed by atoms with Gasteiger partial charge in [0.05, 0.1) is 32.8 Å². The number of benzene rings is 2. The van der Waals surface area contributed by atoms with Crippen LogP contribution < -0.4 is 17.0 Å². The van der Waals surface area contributed by atoms with Gasteiger partial charge in [-0.15, -0.1) is 0 Å². The Morgan fingerprint density at radius 1 is 0.852 bits per heavy atom. The molecule has 1 N–H and O–H groups in total. The van der Waals surface area contributed by atoms with Gasteiger partial charge < -0.3 is 26.6 Å². The minimum absolute atomic E-state index is 0. The quantitative estimate of drug-likeness (QED) is 0.711. The van der Waals surface area contributed by atoms with Crippen LogP contribution in [0.2, 0.25) is 0 Å². The summed E-state index contributed by atoms with van der Waals surface area (Å²) in [5.74, 6) is 0.686. The predicted molar refractivity (Wildman–Crippen MR) is 107 cm³/mol. The number of halogens is 1. The third-order valence-electron chi connectivity index (χ3n) is 7.49. The highest BCUT2D eigenvalue weighted by Crippen LogP contribution is 2.47. The zero-order valence-electron chi connectivity index (χ0n) is 16.5. The summed E-state index contributed by atoms with van der Waals surface area (Å²) in [6.45, 7) is 0.172. The van der Waals surface area contributed by atoms with E-state index in [1.165, 1.54) is 41.3 Å². The Morgan fingerprint density at radius 3 is 1.70 bits per heavy atom. The minimum Gasteiger partial charge on any atom is -1.00 e. The lowest BCUT2D eigenvalue weighted by atomic mass is 9.67. The lowest BCUT2D eigenvalue weighted by molar-refractivity contribution is -0.931. The van der Waals surface area contributed by atoms with Crippen LogP contribution in [0.5, 0.6) is 0 Å². The molecule has 2 saturated heterocycles. The second-order valence-corrected chi connectivity index (χ2v) is 9.03. The summed E-state index contributed by atoms with van der Waals surface area (Å²) in [4.78, 5) is 0. The van der Waals surface area contributed by atoms with Crippen LogP contribution in [-0.4, -0.2) is 42.4 Å². The van der Waals surface area contributed by atoms with Gasteiger partial charge in [0.25, 0.3) is 0 Å². The van der Waals surface area contributed by atoms with Crippen molar-refractivity contribution in [3.05, 3.63) is 71.8 Å². The number of quaternary nitrogens is 1. The van der Waals surface area contributed by atoms with Gasteiger partial charge in [0.1, 0.15) is 0 Å². The second-order valence-electron chi connectivity index (χ2n) is 9.03. The molecule has 3 atom stereocenters. The van der Waals surface area contributed by atoms with Gasteiger partial charge in [-0.25, -0.2) is 0 Å². The molecule has 2 fully saturated rings. The van der Waals surface area contributed by atoms with E-state index < -0.39 is 0 Å². The Hall–Kier alpha value is -1.16. The van der Waals surface area contributed by atoms with Crippen molar-refractivity contribution >= 4 is 0 Å². The fourth-order valence-electron chi connectivity index (χ4n) is 5.82. The number of aliphatic hydroxyl groups is 1. The first-order valence-electron chi connectivity index (χ1n) is 10.1. The van der Waals surface area contributed by atoms with Gasteiger partial charge in [-0.2, -0.15) is 0 Å². The van der Waals surface area contributed by atoms with Crippen LogP contribution in [0.15, 0.2) is 60.7 Å². The zero-order chi connectivity index (χ0) is 18.2. The van der Waals surface area contributed by atoms with Crippen molar-refractivity contribution in [3.63, 3.8) is 0 Å². The Labute approximate surface area is 174 Å². The van der Waals surface area contributed by atoms with Gasteiger partial charge in [-0.1, -0.05) is 60.7 Å². The molecule has 2 bridgehead atoms. The predicted octanol–water partition coefficient (Wildman–Crippen LogP) is 1.38. The summed E-state index contributed by atoms with van der Waals surface area (Å²) in [5, 5.41) is 10.7. The number of rotatable bonds is 5. The highest BCUT2D eigenvalue weighted by atomic mass is 79.9. The van der Waals surface area contributed by atoms with E-state index in [1.54, 1.807) is 0 Å². The molecule has 2 nitrogen and oxygen atoms in total. The van der Waals surface area contributed by atoms with E-state index in [0.29, 0.717) is 5.92 Å². The summed E-state index contributed by atoms with van der Waals surface area (Å²) >= 11 is 0. The van der Waals surface area contributed by atoms with Gasteiger partial charge in [-0.05, 0) is 23.5 Å². The van der Waals surface area contributed by atoms with Crippen LogP contribution in [0.25, 0.3) is 0 Å². The number of hydrogen-bond donors (Lipinski definition) is 1. The number of hydrogen-bond acceptors (Lipinski definition) is 1. The Bertz CT molecular complexity index is 675. The minimum atomic E-state index is -0.291. The molecule has 146 valence electrons. The van der Waals surface area contributed by atoms with Gasteiger partial charge in [-0.3, -0.25) is 0 Å². The molecule has 0 aromatic heterocycles. The normalized spacial score (nSPS) is 26.4. The molecule has 3 heteroatoms. The lowest BCUT2D eigenvalue weighted by Gasteiger charge is -2.46. The third kappa shape index (κ3) is 3.62. The summed E-state index contributed by atoms with van der Waals surface area (Å²) in [6.07, 6.45) is 6.38. The summed E-state index contributed by atoms with van der Waals surface area (Å²) in [5.41, 5.74) is 2.21. The van der Waals surface area contributed by atoms with E-state index >= 15 is 0 Å². The van der Waals surface area contributed by atoms with Crippen molar-refractivity contribution < 1.29 is 26.6 Å². The van der Waals surface area contributed by atoms with Crippen LogP contribution in [0.3, 0.4) is 0 Å². The molecule has 0 aliphatic carbocycles. The molecule has 0 saturated carbocycles. The van der Waals surface area contributed by atoms with Gasteiger partial charge in [0.2, 0.25) is 0 Å². The lowest BCUT2D eigenvalue weighted by Crippen LogP contribution is -3.00. The van der Waals surface area contributed by atoms with E-state index in [-0.39, 0.29) is 29.0 Å². The molecule has 2 aliphatic rings. The third-order valence-corrected chi connectivity index (χ3v) is 7.49. The number of piperidine rings is 1. The highest BCUT2D eigenvalue weighted by Gasteiger charge is 2.50. The summed E-state index contributed by atoms with van der Waals surface area (Å²) in [7, 11) is 4.85. The number of nitrogens with zero attached hydrogens (tertiary/aromatic N) is 1. The fourth-order valence-corrected chi connectivity index (χ4v) is 5.82. The Morgan fingerprint density at radius 2 is 1.30 bits per heavy atom. The molecule has 4 rings (SSSR count).